The van der Waals surface area contributed by atoms with Gasteiger partial charge in [-0.1, -0.05) is 24.3 Å². The first-order valence-electron chi connectivity index (χ1n) is 9.30. The summed E-state index contributed by atoms with van der Waals surface area (Å²) in [5.41, 5.74) is 4.93. The molecule has 30 heavy (non-hydrogen) atoms. The molecule has 0 saturated carbocycles. The lowest BCUT2D eigenvalue weighted by Gasteiger charge is -2.11. The molecule has 0 fully saturated rings. The van der Waals surface area contributed by atoms with Crippen molar-refractivity contribution in [2.75, 3.05) is 5.32 Å². The van der Waals surface area contributed by atoms with Crippen molar-refractivity contribution in [2.24, 2.45) is 0 Å². The van der Waals surface area contributed by atoms with E-state index in [1.165, 1.54) is 12.1 Å². The van der Waals surface area contributed by atoms with Crippen molar-refractivity contribution < 1.29 is 14.7 Å². The second-order valence-corrected chi connectivity index (χ2v) is 6.99. The molecule has 3 aromatic rings. The van der Waals surface area contributed by atoms with Crippen molar-refractivity contribution in [1.29, 1.82) is 5.26 Å². The summed E-state index contributed by atoms with van der Waals surface area (Å²) >= 11 is 0. The second kappa shape index (κ2) is 8.50. The van der Waals surface area contributed by atoms with Crippen LogP contribution >= 0.6 is 0 Å². The van der Waals surface area contributed by atoms with Gasteiger partial charge in [0.25, 0.3) is 5.91 Å². The zero-order valence-electron chi connectivity index (χ0n) is 16.9. The third-order valence-electron chi connectivity index (χ3n) is 4.77. The number of anilines is 1. The molecule has 0 unspecified atom stereocenters. The summed E-state index contributed by atoms with van der Waals surface area (Å²) in [5, 5.41) is 23.2. The Morgan fingerprint density at radius 1 is 1.07 bits per heavy atom. The van der Waals surface area contributed by atoms with Crippen molar-refractivity contribution in [3.05, 3.63) is 88.2 Å². The van der Waals surface area contributed by atoms with Gasteiger partial charge in [-0.25, -0.2) is 0 Å². The molecule has 0 bridgehead atoms. The van der Waals surface area contributed by atoms with E-state index in [9.17, 15) is 20.0 Å². The Morgan fingerprint density at radius 3 is 2.37 bits per heavy atom. The van der Waals surface area contributed by atoms with Crippen LogP contribution in [-0.4, -0.2) is 16.4 Å². The quantitative estimate of drug-likeness (QED) is 0.527. The smallest absolute Gasteiger partial charge is 0.266 e. The molecule has 1 aromatic heterocycles. The molecule has 0 radical (unpaired) electrons. The number of aryl methyl sites for hydroxylation is 2. The molecule has 150 valence electrons. The SMILES string of the molecule is Cc1cccc(NC(=O)/C(C#N)=C/c2cc(C)n(-c3ccc(C(=O)[O-])cc3)c2C)c1. The molecular formula is C24H20N3O3-. The molecule has 2 aromatic carbocycles. The highest BCUT2D eigenvalue weighted by Gasteiger charge is 2.14. The van der Waals surface area contributed by atoms with Crippen molar-refractivity contribution in [2.45, 2.75) is 20.8 Å². The van der Waals surface area contributed by atoms with Gasteiger partial charge in [0.2, 0.25) is 0 Å². The monoisotopic (exact) mass is 398 g/mol. The highest BCUT2D eigenvalue weighted by Crippen LogP contribution is 2.23. The van der Waals surface area contributed by atoms with Gasteiger partial charge in [0.15, 0.2) is 0 Å². The number of aromatic nitrogens is 1. The molecule has 0 aliphatic rings. The number of rotatable bonds is 5. The van der Waals surface area contributed by atoms with Crippen LogP contribution in [0, 0.1) is 32.1 Å². The molecule has 0 aliphatic carbocycles. The van der Waals surface area contributed by atoms with Crippen molar-refractivity contribution in [3.8, 4) is 11.8 Å². The van der Waals surface area contributed by atoms with Crippen LogP contribution in [0.1, 0.15) is 32.9 Å². The molecule has 1 N–H and O–H groups in total. The average molecular weight is 398 g/mol. The lowest BCUT2D eigenvalue weighted by atomic mass is 10.1. The van der Waals surface area contributed by atoms with Crippen molar-refractivity contribution in [1.82, 2.24) is 4.57 Å². The summed E-state index contributed by atoms with van der Waals surface area (Å²) in [4.78, 5) is 23.5. The molecule has 6 nitrogen and oxygen atoms in total. The van der Waals surface area contributed by atoms with Gasteiger partial charge in [-0.05, 0) is 73.9 Å². The number of amides is 1. The van der Waals surface area contributed by atoms with Gasteiger partial charge < -0.3 is 19.8 Å². The van der Waals surface area contributed by atoms with Gasteiger partial charge in [-0.3, -0.25) is 4.79 Å². The van der Waals surface area contributed by atoms with Crippen LogP contribution in [0.5, 0.6) is 0 Å². The minimum absolute atomic E-state index is 0.0101. The van der Waals surface area contributed by atoms with Crippen LogP contribution in [0.3, 0.4) is 0 Å². The minimum atomic E-state index is -1.23. The fourth-order valence-corrected chi connectivity index (χ4v) is 3.30. The van der Waals surface area contributed by atoms with E-state index < -0.39 is 11.9 Å². The van der Waals surface area contributed by atoms with E-state index in [0.717, 1.165) is 28.2 Å². The molecule has 6 heteroatoms. The number of nitrogens with zero attached hydrogens (tertiary/aromatic N) is 2. The number of benzene rings is 2. The van der Waals surface area contributed by atoms with E-state index in [2.05, 4.69) is 5.32 Å². The van der Waals surface area contributed by atoms with E-state index in [0.29, 0.717) is 5.69 Å². The molecular weight excluding hydrogens is 378 g/mol. The zero-order valence-corrected chi connectivity index (χ0v) is 16.9. The van der Waals surface area contributed by atoms with Gasteiger partial charge in [-0.15, -0.1) is 0 Å². The number of hydrogen-bond donors (Lipinski definition) is 1. The number of carbonyl (C=O) groups is 2. The molecule has 0 aliphatic heterocycles. The number of hydrogen-bond acceptors (Lipinski definition) is 4. The third kappa shape index (κ3) is 4.31. The lowest BCUT2D eigenvalue weighted by Crippen LogP contribution is -2.22. The average Bonchev–Trinajstić information content (AvgIpc) is 2.99. The van der Waals surface area contributed by atoms with Crippen LogP contribution < -0.4 is 10.4 Å². The lowest BCUT2D eigenvalue weighted by molar-refractivity contribution is -0.255. The molecule has 0 atom stereocenters. The summed E-state index contributed by atoms with van der Waals surface area (Å²) in [7, 11) is 0. The van der Waals surface area contributed by atoms with E-state index in [4.69, 9.17) is 0 Å². The summed E-state index contributed by atoms with van der Waals surface area (Å²) in [6, 6.07) is 17.5. The Labute approximate surface area is 174 Å². The Balaban J connectivity index is 1.92. The van der Waals surface area contributed by atoms with E-state index in [1.54, 1.807) is 24.3 Å². The van der Waals surface area contributed by atoms with Crippen LogP contribution in [-0.2, 0) is 4.79 Å². The number of carbonyl (C=O) groups excluding carboxylic acids is 2. The molecule has 0 spiro atoms. The summed E-state index contributed by atoms with van der Waals surface area (Å²) in [6.07, 6.45) is 1.56. The predicted molar refractivity (Wildman–Crippen MR) is 113 cm³/mol. The van der Waals surface area contributed by atoms with E-state index in [-0.39, 0.29) is 11.1 Å². The first kappa shape index (κ1) is 20.6. The van der Waals surface area contributed by atoms with Gasteiger partial charge in [0.05, 0.1) is 5.97 Å². The summed E-state index contributed by atoms with van der Waals surface area (Å²) < 4.78 is 1.93. The fraction of sp³-hybridized carbons (Fsp3) is 0.125. The topological polar surface area (TPSA) is 98.0 Å². The molecule has 3 rings (SSSR count). The largest absolute Gasteiger partial charge is 0.545 e. The zero-order chi connectivity index (χ0) is 21.8. The first-order chi connectivity index (χ1) is 14.3. The minimum Gasteiger partial charge on any atom is -0.545 e. The Morgan fingerprint density at radius 2 is 1.77 bits per heavy atom. The van der Waals surface area contributed by atoms with E-state index in [1.807, 2.05) is 55.7 Å². The Hall–Kier alpha value is -4.11. The summed E-state index contributed by atoms with van der Waals surface area (Å²) in [5.74, 6) is -1.71. The van der Waals surface area contributed by atoms with Crippen LogP contribution in [0.4, 0.5) is 5.69 Å². The molecule has 0 saturated heterocycles. The van der Waals surface area contributed by atoms with Crippen molar-refractivity contribution in [3.63, 3.8) is 0 Å². The number of carboxylic acids is 1. The second-order valence-electron chi connectivity index (χ2n) is 6.99. The Bertz CT molecular complexity index is 1200. The summed E-state index contributed by atoms with van der Waals surface area (Å²) in [6.45, 7) is 5.69. The van der Waals surface area contributed by atoms with Crippen LogP contribution in [0.25, 0.3) is 11.8 Å². The number of nitrogens with one attached hydrogen (secondary N) is 1. The standard InChI is InChI=1S/C24H21N3O3/c1-15-5-4-6-21(11-15)26-23(28)20(14-25)13-19-12-16(2)27(17(19)3)22-9-7-18(8-10-22)24(29)30/h4-13H,1-3H3,(H,26,28)(H,29,30)/p-1/b20-13+. The van der Waals surface area contributed by atoms with Gasteiger partial charge in [-0.2, -0.15) is 5.26 Å². The number of carboxylic acid groups (broad SMARTS) is 1. The first-order valence-corrected chi connectivity index (χ1v) is 9.30. The van der Waals surface area contributed by atoms with Crippen LogP contribution in [0.2, 0.25) is 0 Å². The molecule has 1 heterocycles. The number of nitriles is 1. The van der Waals surface area contributed by atoms with Crippen molar-refractivity contribution >= 4 is 23.6 Å². The maximum atomic E-state index is 12.6. The normalized spacial score (nSPS) is 11.1. The Kier molecular flexibility index (Phi) is 5.84. The predicted octanol–water partition coefficient (Wildman–Crippen LogP) is 3.31. The highest BCUT2D eigenvalue weighted by atomic mass is 16.4. The fourth-order valence-electron chi connectivity index (χ4n) is 3.30. The van der Waals surface area contributed by atoms with Gasteiger partial charge in [0.1, 0.15) is 11.6 Å². The maximum Gasteiger partial charge on any atom is 0.266 e. The van der Waals surface area contributed by atoms with Crippen LogP contribution in [0.15, 0.2) is 60.2 Å². The van der Waals surface area contributed by atoms with Gasteiger partial charge >= 0.3 is 0 Å². The van der Waals surface area contributed by atoms with Gasteiger partial charge in [0, 0.05) is 22.8 Å². The van der Waals surface area contributed by atoms with E-state index >= 15 is 0 Å². The third-order valence-corrected chi connectivity index (χ3v) is 4.77. The number of aromatic carboxylic acids is 1. The maximum absolute atomic E-state index is 12.6. The highest BCUT2D eigenvalue weighted by molar-refractivity contribution is 6.09. The molecule has 1 amide bonds.